The summed E-state index contributed by atoms with van der Waals surface area (Å²) in [4.78, 5) is 16.1. The van der Waals surface area contributed by atoms with Crippen LogP contribution in [0.1, 0.15) is 6.42 Å². The van der Waals surface area contributed by atoms with E-state index in [0.717, 1.165) is 5.75 Å². The summed E-state index contributed by atoms with van der Waals surface area (Å²) in [6.07, 6.45) is 1.57. The smallest absolute Gasteiger partial charge is 0.229 e. The molecule has 0 fully saturated rings. The van der Waals surface area contributed by atoms with E-state index in [0.29, 0.717) is 11.4 Å². The predicted octanol–water partition coefficient (Wildman–Crippen LogP) is 3.44. The molecular weight excluding hydrogens is 268 g/mol. The van der Waals surface area contributed by atoms with Gasteiger partial charge in [0.15, 0.2) is 0 Å². The summed E-state index contributed by atoms with van der Waals surface area (Å²) in [6, 6.07) is 16.7. The molecule has 1 N–H and O–H groups in total. The monoisotopic (exact) mass is 284 g/mol. The number of anilines is 1. The maximum atomic E-state index is 11.6. The fourth-order valence-corrected chi connectivity index (χ4v) is 1.64. The Hall–Kier alpha value is -2.82. The van der Waals surface area contributed by atoms with Crippen LogP contribution in [0.3, 0.4) is 0 Å². The Kier molecular flexibility index (Phi) is 5.34. The van der Waals surface area contributed by atoms with Gasteiger partial charge in [-0.3, -0.25) is 4.79 Å². The number of carbonyl (C=O) groups is 1. The van der Waals surface area contributed by atoms with E-state index < -0.39 is 0 Å². The average molecular weight is 284 g/mol. The van der Waals surface area contributed by atoms with Crippen LogP contribution in [0.15, 0.2) is 59.8 Å². The van der Waals surface area contributed by atoms with Gasteiger partial charge in [-0.2, -0.15) is 0 Å². The predicted molar refractivity (Wildman–Crippen MR) is 81.7 cm³/mol. The van der Waals surface area contributed by atoms with Gasteiger partial charge < -0.3 is 14.9 Å². The van der Waals surface area contributed by atoms with Gasteiger partial charge in [-0.1, -0.05) is 23.4 Å². The standard InChI is InChI=1S/C16H16N2O3/c1-20-17-12-11-16(19)18-13-7-9-15(10-8-13)21-14-5-3-2-4-6-14/h2-10,12H,11H2,1H3,(H,18,19)/b17-12+. The minimum absolute atomic E-state index is 0.160. The van der Waals surface area contributed by atoms with Crippen molar-refractivity contribution in [2.75, 3.05) is 12.4 Å². The lowest BCUT2D eigenvalue weighted by molar-refractivity contribution is -0.115. The molecule has 0 saturated carbocycles. The molecule has 0 saturated heterocycles. The van der Waals surface area contributed by atoms with Crippen LogP contribution in [0.25, 0.3) is 0 Å². The van der Waals surface area contributed by atoms with E-state index in [1.807, 2.05) is 30.3 Å². The molecule has 2 rings (SSSR count). The molecule has 2 aromatic rings. The van der Waals surface area contributed by atoms with Crippen LogP contribution in [0, 0.1) is 0 Å². The van der Waals surface area contributed by atoms with Gasteiger partial charge in [-0.25, -0.2) is 0 Å². The van der Waals surface area contributed by atoms with Crippen molar-refractivity contribution in [3.05, 3.63) is 54.6 Å². The Bertz CT molecular complexity index is 595. The zero-order valence-electron chi connectivity index (χ0n) is 11.7. The number of ether oxygens (including phenoxy) is 1. The van der Waals surface area contributed by atoms with E-state index in [1.165, 1.54) is 13.3 Å². The number of rotatable bonds is 6. The average Bonchev–Trinajstić information content (AvgIpc) is 2.51. The van der Waals surface area contributed by atoms with Crippen LogP contribution in [-0.2, 0) is 9.63 Å². The van der Waals surface area contributed by atoms with Crippen molar-refractivity contribution < 1.29 is 14.4 Å². The van der Waals surface area contributed by atoms with E-state index in [1.54, 1.807) is 24.3 Å². The molecule has 21 heavy (non-hydrogen) atoms. The van der Waals surface area contributed by atoms with Crippen molar-refractivity contribution in [1.82, 2.24) is 0 Å². The van der Waals surface area contributed by atoms with Crippen molar-refractivity contribution in [1.29, 1.82) is 0 Å². The van der Waals surface area contributed by atoms with E-state index in [9.17, 15) is 4.79 Å². The molecule has 5 nitrogen and oxygen atoms in total. The molecule has 0 aliphatic rings. The number of hydrogen-bond acceptors (Lipinski definition) is 4. The number of hydrogen-bond donors (Lipinski definition) is 1. The number of benzene rings is 2. The van der Waals surface area contributed by atoms with Crippen molar-refractivity contribution in [2.45, 2.75) is 6.42 Å². The van der Waals surface area contributed by atoms with Gasteiger partial charge in [0.1, 0.15) is 18.6 Å². The van der Waals surface area contributed by atoms with Crippen LogP contribution < -0.4 is 10.1 Å². The maximum absolute atomic E-state index is 11.6. The molecule has 0 atom stereocenters. The van der Waals surface area contributed by atoms with Gasteiger partial charge in [0.25, 0.3) is 0 Å². The number of para-hydroxylation sites is 1. The van der Waals surface area contributed by atoms with Gasteiger partial charge >= 0.3 is 0 Å². The summed E-state index contributed by atoms with van der Waals surface area (Å²) < 4.78 is 5.67. The van der Waals surface area contributed by atoms with Crippen molar-refractivity contribution in [2.24, 2.45) is 5.16 Å². The van der Waals surface area contributed by atoms with Gasteiger partial charge in [0.2, 0.25) is 5.91 Å². The molecule has 0 unspecified atom stereocenters. The Morgan fingerprint density at radius 1 is 1.10 bits per heavy atom. The summed E-state index contributed by atoms with van der Waals surface area (Å²) >= 11 is 0. The van der Waals surface area contributed by atoms with Crippen LogP contribution in [0.4, 0.5) is 5.69 Å². The number of amides is 1. The van der Waals surface area contributed by atoms with Crippen LogP contribution in [0.2, 0.25) is 0 Å². The van der Waals surface area contributed by atoms with Crippen LogP contribution in [0.5, 0.6) is 11.5 Å². The third-order valence-electron chi connectivity index (χ3n) is 2.57. The fourth-order valence-electron chi connectivity index (χ4n) is 1.64. The molecule has 0 heterocycles. The topological polar surface area (TPSA) is 59.9 Å². The van der Waals surface area contributed by atoms with E-state index in [2.05, 4.69) is 15.3 Å². The Balaban J connectivity index is 1.90. The SMILES string of the molecule is CO/N=C/CC(=O)Nc1ccc(Oc2ccccc2)cc1. The number of oxime groups is 1. The molecule has 108 valence electrons. The lowest BCUT2D eigenvalue weighted by Gasteiger charge is -2.07. The first-order valence-corrected chi connectivity index (χ1v) is 6.46. The maximum Gasteiger partial charge on any atom is 0.229 e. The molecule has 0 radical (unpaired) electrons. The number of nitrogens with zero attached hydrogens (tertiary/aromatic N) is 1. The highest BCUT2D eigenvalue weighted by Crippen LogP contribution is 2.22. The highest BCUT2D eigenvalue weighted by molar-refractivity contribution is 5.98. The molecule has 5 heteroatoms. The van der Waals surface area contributed by atoms with Gasteiger partial charge in [0, 0.05) is 5.69 Å². The third-order valence-corrected chi connectivity index (χ3v) is 2.57. The summed E-state index contributed by atoms with van der Waals surface area (Å²) in [7, 11) is 1.43. The molecule has 0 bridgehead atoms. The minimum atomic E-state index is -0.160. The van der Waals surface area contributed by atoms with Crippen LogP contribution in [-0.4, -0.2) is 19.2 Å². The highest BCUT2D eigenvalue weighted by Gasteiger charge is 2.01. The summed E-state index contributed by atoms with van der Waals surface area (Å²) in [6.45, 7) is 0. The van der Waals surface area contributed by atoms with Crippen molar-refractivity contribution >= 4 is 17.8 Å². The van der Waals surface area contributed by atoms with Crippen LogP contribution >= 0.6 is 0 Å². The second-order valence-electron chi connectivity index (χ2n) is 4.16. The zero-order chi connectivity index (χ0) is 14.9. The highest BCUT2D eigenvalue weighted by atomic mass is 16.6. The molecular formula is C16H16N2O3. The van der Waals surface area contributed by atoms with Gasteiger partial charge in [-0.15, -0.1) is 0 Å². The first-order valence-electron chi connectivity index (χ1n) is 6.46. The molecule has 0 spiro atoms. The normalized spacial score (nSPS) is 10.3. The molecule has 0 aromatic heterocycles. The largest absolute Gasteiger partial charge is 0.457 e. The summed E-state index contributed by atoms with van der Waals surface area (Å²) in [5.74, 6) is 1.32. The Morgan fingerprint density at radius 3 is 2.43 bits per heavy atom. The molecule has 0 aliphatic carbocycles. The minimum Gasteiger partial charge on any atom is -0.457 e. The molecule has 2 aromatic carbocycles. The third kappa shape index (κ3) is 4.99. The Labute approximate surface area is 123 Å². The lowest BCUT2D eigenvalue weighted by atomic mass is 10.3. The second-order valence-corrected chi connectivity index (χ2v) is 4.16. The quantitative estimate of drug-likeness (QED) is 0.653. The summed E-state index contributed by atoms with van der Waals surface area (Å²) in [5, 5.41) is 6.26. The second kappa shape index (κ2) is 7.69. The lowest BCUT2D eigenvalue weighted by Crippen LogP contribution is -2.11. The Morgan fingerprint density at radius 2 is 1.76 bits per heavy atom. The van der Waals surface area contributed by atoms with Gasteiger partial charge in [0.05, 0.1) is 12.6 Å². The van der Waals surface area contributed by atoms with E-state index in [-0.39, 0.29) is 12.3 Å². The van der Waals surface area contributed by atoms with E-state index >= 15 is 0 Å². The molecule has 0 aliphatic heterocycles. The molecule has 1 amide bonds. The van der Waals surface area contributed by atoms with Crippen molar-refractivity contribution in [3.63, 3.8) is 0 Å². The number of carbonyl (C=O) groups excluding carboxylic acids is 1. The van der Waals surface area contributed by atoms with Crippen molar-refractivity contribution in [3.8, 4) is 11.5 Å². The first kappa shape index (κ1) is 14.6. The van der Waals surface area contributed by atoms with E-state index in [4.69, 9.17) is 4.74 Å². The zero-order valence-corrected chi connectivity index (χ0v) is 11.7. The summed E-state index contributed by atoms with van der Waals surface area (Å²) in [5.41, 5.74) is 0.700. The first-order chi connectivity index (χ1) is 10.3. The fraction of sp³-hybridized carbons (Fsp3) is 0.125. The number of nitrogens with one attached hydrogen (secondary N) is 1. The van der Waals surface area contributed by atoms with Gasteiger partial charge in [-0.05, 0) is 36.4 Å².